The van der Waals surface area contributed by atoms with Crippen molar-refractivity contribution in [2.75, 3.05) is 75.1 Å². The Balaban J connectivity index is 1.34. The van der Waals surface area contributed by atoms with Crippen LogP contribution >= 0.6 is 0 Å². The molecule has 0 unspecified atom stereocenters. The first-order valence-corrected chi connectivity index (χ1v) is 14.5. The van der Waals surface area contributed by atoms with Crippen LogP contribution in [0.5, 0.6) is 5.75 Å². The summed E-state index contributed by atoms with van der Waals surface area (Å²) in [5.41, 5.74) is 4.22. The molecule has 0 atom stereocenters. The quantitative estimate of drug-likeness (QED) is 0.438. The summed E-state index contributed by atoms with van der Waals surface area (Å²) < 4.78 is 5.63. The van der Waals surface area contributed by atoms with Gasteiger partial charge >= 0.3 is 0 Å². The summed E-state index contributed by atoms with van der Waals surface area (Å²) in [5, 5.41) is 14.3. The summed E-state index contributed by atoms with van der Waals surface area (Å²) in [6, 6.07) is 5.56. The number of anilines is 4. The number of rotatable bonds is 8. The number of ether oxygens (including phenoxy) is 1. The van der Waals surface area contributed by atoms with Gasteiger partial charge in [0.05, 0.1) is 31.0 Å². The topological polar surface area (TPSA) is 126 Å². The Kier molecular flexibility index (Phi) is 8.62. The minimum absolute atomic E-state index is 0.0473. The molecule has 12 heteroatoms. The van der Waals surface area contributed by atoms with Crippen molar-refractivity contribution in [1.82, 2.24) is 25.3 Å². The SMILES string of the molecule is COc1cc(C(=O)NN2CCN(CCO)CC2)ccc1Nc1ncc2c(n1)N(C1CCCC1)CC(C)(C)C(=O)N2C. The van der Waals surface area contributed by atoms with Gasteiger partial charge in [-0.15, -0.1) is 0 Å². The highest BCUT2D eigenvalue weighted by Crippen LogP contribution is 2.40. The fourth-order valence-corrected chi connectivity index (χ4v) is 6.01. The minimum atomic E-state index is -0.557. The van der Waals surface area contributed by atoms with Gasteiger partial charge in [-0.1, -0.05) is 12.8 Å². The molecule has 3 aliphatic rings. The number of hydrogen-bond acceptors (Lipinski definition) is 10. The zero-order valence-corrected chi connectivity index (χ0v) is 24.5. The monoisotopic (exact) mass is 566 g/mol. The molecule has 12 nitrogen and oxygen atoms in total. The number of benzene rings is 1. The van der Waals surface area contributed by atoms with Crippen LogP contribution in [0, 0.1) is 5.41 Å². The van der Waals surface area contributed by atoms with E-state index >= 15 is 0 Å². The zero-order chi connectivity index (χ0) is 29.1. The minimum Gasteiger partial charge on any atom is -0.495 e. The molecular formula is C29H42N8O4. The lowest BCUT2D eigenvalue weighted by molar-refractivity contribution is -0.125. The fourth-order valence-electron chi connectivity index (χ4n) is 6.01. The van der Waals surface area contributed by atoms with Crippen molar-refractivity contribution in [2.45, 2.75) is 45.6 Å². The van der Waals surface area contributed by atoms with Crippen molar-refractivity contribution in [3.05, 3.63) is 30.0 Å². The van der Waals surface area contributed by atoms with Crippen molar-refractivity contribution in [3.8, 4) is 5.75 Å². The maximum atomic E-state index is 13.3. The Morgan fingerprint density at radius 2 is 1.90 bits per heavy atom. The van der Waals surface area contributed by atoms with E-state index in [0.29, 0.717) is 60.9 Å². The second kappa shape index (κ2) is 12.2. The van der Waals surface area contributed by atoms with Crippen molar-refractivity contribution < 1.29 is 19.4 Å². The van der Waals surface area contributed by atoms with Crippen molar-refractivity contribution >= 4 is 35.0 Å². The fraction of sp³-hybridized carbons (Fsp3) is 0.586. The van der Waals surface area contributed by atoms with Crippen molar-refractivity contribution in [3.63, 3.8) is 0 Å². The largest absolute Gasteiger partial charge is 0.495 e. The Morgan fingerprint density at radius 3 is 2.59 bits per heavy atom. The molecule has 2 amide bonds. The lowest BCUT2D eigenvalue weighted by Crippen LogP contribution is -2.53. The molecule has 1 aromatic heterocycles. The van der Waals surface area contributed by atoms with E-state index in [2.05, 4.69) is 25.5 Å². The summed E-state index contributed by atoms with van der Waals surface area (Å²) in [4.78, 5) is 41.9. The second-order valence-corrected chi connectivity index (χ2v) is 11.7. The normalized spacial score (nSPS) is 20.1. The van der Waals surface area contributed by atoms with Gasteiger partial charge in [-0.3, -0.25) is 19.9 Å². The number of methoxy groups -OCH3 is 1. The number of nitrogens with one attached hydrogen (secondary N) is 2. The summed E-state index contributed by atoms with van der Waals surface area (Å²) in [5.74, 6) is 1.47. The summed E-state index contributed by atoms with van der Waals surface area (Å²) in [6.07, 6.45) is 6.22. The third-order valence-corrected chi connectivity index (χ3v) is 8.36. The number of aliphatic hydroxyl groups excluding tert-OH is 1. The number of fused-ring (bicyclic) bond motifs is 1. The first-order valence-electron chi connectivity index (χ1n) is 14.5. The van der Waals surface area contributed by atoms with E-state index < -0.39 is 5.41 Å². The molecule has 3 heterocycles. The van der Waals surface area contributed by atoms with E-state index in [-0.39, 0.29) is 18.4 Å². The third-order valence-electron chi connectivity index (χ3n) is 8.36. The van der Waals surface area contributed by atoms with E-state index in [9.17, 15) is 9.59 Å². The number of β-amino-alcohol motifs (C(OH)–C–C–N with tert-alkyl or cyclic N) is 1. The Labute approximate surface area is 241 Å². The first kappa shape index (κ1) is 29.0. The van der Waals surface area contributed by atoms with E-state index in [0.717, 1.165) is 31.7 Å². The highest BCUT2D eigenvalue weighted by Gasteiger charge is 2.41. The predicted octanol–water partition coefficient (Wildman–Crippen LogP) is 2.24. The number of carbonyl (C=O) groups is 2. The number of piperazine rings is 1. The van der Waals surface area contributed by atoms with Gasteiger partial charge < -0.3 is 25.0 Å². The van der Waals surface area contributed by atoms with E-state index in [1.165, 1.54) is 12.8 Å². The Hall–Kier alpha value is -3.48. The van der Waals surface area contributed by atoms with E-state index in [1.807, 2.05) is 18.9 Å². The highest BCUT2D eigenvalue weighted by atomic mass is 16.5. The van der Waals surface area contributed by atoms with Crippen LogP contribution in [0.25, 0.3) is 0 Å². The van der Waals surface area contributed by atoms with Gasteiger partial charge in [0.2, 0.25) is 11.9 Å². The molecule has 0 spiro atoms. The zero-order valence-electron chi connectivity index (χ0n) is 24.5. The molecule has 41 heavy (non-hydrogen) atoms. The molecule has 3 N–H and O–H groups in total. The molecule has 0 bridgehead atoms. The molecule has 1 saturated carbocycles. The molecule has 2 aromatic rings. The Bertz CT molecular complexity index is 1260. The van der Waals surface area contributed by atoms with Gasteiger partial charge in [0, 0.05) is 57.9 Å². The van der Waals surface area contributed by atoms with Gasteiger partial charge in [0.25, 0.3) is 5.91 Å². The lowest BCUT2D eigenvalue weighted by atomic mass is 9.91. The van der Waals surface area contributed by atoms with Crippen LogP contribution in [0.3, 0.4) is 0 Å². The highest BCUT2D eigenvalue weighted by molar-refractivity contribution is 6.01. The Morgan fingerprint density at radius 1 is 1.17 bits per heavy atom. The summed E-state index contributed by atoms with van der Waals surface area (Å²) in [7, 11) is 3.35. The van der Waals surface area contributed by atoms with Crippen LogP contribution in [-0.4, -0.2) is 103 Å². The average molecular weight is 567 g/mol. The number of nitrogens with zero attached hydrogens (tertiary/aromatic N) is 6. The molecule has 1 aliphatic carbocycles. The molecule has 1 saturated heterocycles. The number of aromatic nitrogens is 2. The van der Waals surface area contributed by atoms with Crippen LogP contribution in [-0.2, 0) is 4.79 Å². The maximum absolute atomic E-state index is 13.3. The van der Waals surface area contributed by atoms with Gasteiger partial charge in [-0.2, -0.15) is 4.98 Å². The van der Waals surface area contributed by atoms with Crippen LogP contribution in [0.2, 0.25) is 0 Å². The maximum Gasteiger partial charge on any atom is 0.265 e. The molecule has 5 rings (SSSR count). The number of aliphatic hydroxyl groups is 1. The smallest absolute Gasteiger partial charge is 0.265 e. The third kappa shape index (κ3) is 6.24. The molecule has 222 valence electrons. The standard InChI is InChI=1S/C29H42N8O4/c1-29(2)19-37(21-7-5-6-8-21)25-23(34(3)27(29)40)18-30-28(32-25)31-22-10-9-20(17-24(22)41-4)26(39)33-36-13-11-35(12-14-36)15-16-38/h9-10,17-18,21,38H,5-8,11-16,19H2,1-4H3,(H,33,39)(H,30,31,32). The van der Waals surface area contributed by atoms with E-state index in [1.54, 1.807) is 43.5 Å². The molecular weight excluding hydrogens is 524 g/mol. The van der Waals surface area contributed by atoms with Gasteiger partial charge in [-0.05, 0) is 44.9 Å². The number of carbonyl (C=O) groups excluding carboxylic acids is 2. The van der Waals surface area contributed by atoms with Crippen molar-refractivity contribution in [2.24, 2.45) is 5.41 Å². The lowest BCUT2D eigenvalue weighted by Gasteiger charge is -2.34. The van der Waals surface area contributed by atoms with E-state index in [4.69, 9.17) is 14.8 Å². The second-order valence-electron chi connectivity index (χ2n) is 11.7. The number of amides is 2. The molecule has 1 aromatic carbocycles. The number of hydrogen-bond donors (Lipinski definition) is 3. The van der Waals surface area contributed by atoms with Crippen LogP contribution < -0.4 is 25.3 Å². The van der Waals surface area contributed by atoms with Gasteiger partial charge in [0.15, 0.2) is 5.82 Å². The van der Waals surface area contributed by atoms with Gasteiger partial charge in [-0.25, -0.2) is 9.99 Å². The average Bonchev–Trinajstić information content (AvgIpc) is 3.49. The molecule has 2 fully saturated rings. The summed E-state index contributed by atoms with van der Waals surface area (Å²) in [6.45, 7) is 8.30. The van der Waals surface area contributed by atoms with Crippen LogP contribution in [0.4, 0.5) is 23.1 Å². The number of hydrazine groups is 1. The van der Waals surface area contributed by atoms with Gasteiger partial charge in [0.1, 0.15) is 11.4 Å². The molecule has 0 radical (unpaired) electrons. The predicted molar refractivity (Wildman–Crippen MR) is 158 cm³/mol. The first-order chi connectivity index (χ1) is 19.7. The summed E-state index contributed by atoms with van der Waals surface area (Å²) >= 11 is 0. The van der Waals surface area contributed by atoms with Crippen LogP contribution in [0.15, 0.2) is 24.4 Å². The van der Waals surface area contributed by atoms with Crippen molar-refractivity contribution in [1.29, 1.82) is 0 Å². The molecule has 2 aliphatic heterocycles. The van der Waals surface area contributed by atoms with Crippen LogP contribution in [0.1, 0.15) is 49.9 Å².